The molecule has 0 aliphatic heterocycles. The van der Waals surface area contributed by atoms with Crippen molar-refractivity contribution >= 4 is 11.6 Å². The summed E-state index contributed by atoms with van der Waals surface area (Å²) >= 11 is 6.17. The number of nitrogens with one attached hydrogen (secondary N) is 1. The van der Waals surface area contributed by atoms with Crippen LogP contribution in [0.3, 0.4) is 0 Å². The third-order valence-electron chi connectivity index (χ3n) is 2.96. The van der Waals surface area contributed by atoms with Crippen LogP contribution in [0.5, 0.6) is 0 Å². The van der Waals surface area contributed by atoms with E-state index in [0.717, 1.165) is 43.1 Å². The summed E-state index contributed by atoms with van der Waals surface area (Å²) in [5, 5.41) is 8.52. The Balaban J connectivity index is 2.47. The normalized spacial score (nSPS) is 12.9. The molecule has 4 nitrogen and oxygen atoms in total. The largest absolute Gasteiger partial charge is 0.383 e. The SMILES string of the molecule is CCCNC(C)CCc1c(Cl)cnn1CCOC. The van der Waals surface area contributed by atoms with Crippen LogP contribution in [0.15, 0.2) is 6.20 Å². The van der Waals surface area contributed by atoms with Crippen LogP contribution >= 0.6 is 11.6 Å². The quantitative estimate of drug-likeness (QED) is 0.751. The molecule has 0 fully saturated rings. The summed E-state index contributed by atoms with van der Waals surface area (Å²) in [5.41, 5.74) is 1.11. The zero-order chi connectivity index (χ0) is 13.4. The Morgan fingerprint density at radius 3 is 3.00 bits per heavy atom. The molecule has 0 amide bonds. The Kier molecular flexibility index (Phi) is 7.32. The summed E-state index contributed by atoms with van der Waals surface area (Å²) in [4.78, 5) is 0. The van der Waals surface area contributed by atoms with Gasteiger partial charge in [0.2, 0.25) is 0 Å². The monoisotopic (exact) mass is 273 g/mol. The average molecular weight is 274 g/mol. The second-order valence-electron chi connectivity index (χ2n) is 4.55. The Labute approximate surface area is 115 Å². The highest BCUT2D eigenvalue weighted by Crippen LogP contribution is 2.17. The number of halogens is 1. The van der Waals surface area contributed by atoms with Crippen molar-refractivity contribution in [2.24, 2.45) is 0 Å². The first kappa shape index (κ1) is 15.5. The molecular weight excluding hydrogens is 250 g/mol. The van der Waals surface area contributed by atoms with Gasteiger partial charge in [0.25, 0.3) is 0 Å². The van der Waals surface area contributed by atoms with Crippen LogP contribution < -0.4 is 5.32 Å². The van der Waals surface area contributed by atoms with Crippen LogP contribution in [0.25, 0.3) is 0 Å². The molecule has 0 aliphatic rings. The van der Waals surface area contributed by atoms with E-state index < -0.39 is 0 Å². The minimum atomic E-state index is 0.506. The molecule has 1 atom stereocenters. The van der Waals surface area contributed by atoms with Crippen LogP contribution in [0.1, 0.15) is 32.4 Å². The van der Waals surface area contributed by atoms with Gasteiger partial charge in [0.1, 0.15) is 0 Å². The molecule has 0 aliphatic carbocycles. The van der Waals surface area contributed by atoms with Crippen molar-refractivity contribution in [3.8, 4) is 0 Å². The van der Waals surface area contributed by atoms with E-state index in [1.54, 1.807) is 13.3 Å². The zero-order valence-corrected chi connectivity index (χ0v) is 12.3. The molecule has 1 aromatic heterocycles. The van der Waals surface area contributed by atoms with Gasteiger partial charge in [0, 0.05) is 13.2 Å². The van der Waals surface area contributed by atoms with Gasteiger partial charge >= 0.3 is 0 Å². The van der Waals surface area contributed by atoms with Gasteiger partial charge in [0.15, 0.2) is 0 Å². The fourth-order valence-electron chi connectivity index (χ4n) is 1.85. The molecule has 1 aromatic rings. The van der Waals surface area contributed by atoms with Gasteiger partial charge in [-0.1, -0.05) is 18.5 Å². The lowest BCUT2D eigenvalue weighted by molar-refractivity contribution is 0.182. The van der Waals surface area contributed by atoms with E-state index >= 15 is 0 Å². The molecule has 5 heteroatoms. The molecule has 0 aromatic carbocycles. The minimum Gasteiger partial charge on any atom is -0.383 e. The van der Waals surface area contributed by atoms with Gasteiger partial charge in [-0.3, -0.25) is 4.68 Å². The first-order valence-corrected chi connectivity index (χ1v) is 6.99. The first-order chi connectivity index (χ1) is 8.69. The highest BCUT2D eigenvalue weighted by molar-refractivity contribution is 6.31. The highest BCUT2D eigenvalue weighted by Gasteiger charge is 2.10. The van der Waals surface area contributed by atoms with Crippen molar-refractivity contribution in [1.82, 2.24) is 15.1 Å². The molecule has 104 valence electrons. The minimum absolute atomic E-state index is 0.506. The van der Waals surface area contributed by atoms with Gasteiger partial charge in [0.05, 0.1) is 30.1 Å². The van der Waals surface area contributed by atoms with Crippen LogP contribution in [0.4, 0.5) is 0 Å². The van der Waals surface area contributed by atoms with Gasteiger partial charge < -0.3 is 10.1 Å². The highest BCUT2D eigenvalue weighted by atomic mass is 35.5. The third-order valence-corrected chi connectivity index (χ3v) is 3.28. The van der Waals surface area contributed by atoms with Crippen LogP contribution in [-0.4, -0.2) is 36.1 Å². The number of nitrogens with zero attached hydrogens (tertiary/aromatic N) is 2. The fourth-order valence-corrected chi connectivity index (χ4v) is 2.09. The molecule has 0 radical (unpaired) electrons. The van der Waals surface area contributed by atoms with Crippen molar-refractivity contribution in [2.45, 2.75) is 45.7 Å². The maximum atomic E-state index is 6.17. The Morgan fingerprint density at radius 1 is 1.56 bits per heavy atom. The van der Waals surface area contributed by atoms with Crippen molar-refractivity contribution in [3.05, 3.63) is 16.9 Å². The maximum absolute atomic E-state index is 6.17. The van der Waals surface area contributed by atoms with Crippen molar-refractivity contribution in [2.75, 3.05) is 20.3 Å². The summed E-state index contributed by atoms with van der Waals surface area (Å²) in [6, 6.07) is 0.506. The van der Waals surface area contributed by atoms with Gasteiger partial charge in [-0.15, -0.1) is 0 Å². The summed E-state index contributed by atoms with van der Waals surface area (Å²) in [7, 11) is 1.70. The smallest absolute Gasteiger partial charge is 0.0817 e. The van der Waals surface area contributed by atoms with Crippen LogP contribution in [-0.2, 0) is 17.7 Å². The predicted molar refractivity (Wildman–Crippen MR) is 75.2 cm³/mol. The lowest BCUT2D eigenvalue weighted by Gasteiger charge is -2.14. The number of hydrogen-bond acceptors (Lipinski definition) is 3. The standard InChI is InChI=1S/C13H24ClN3O/c1-4-7-15-11(2)5-6-13-12(14)10-16-17(13)8-9-18-3/h10-11,15H,4-9H2,1-3H3. The number of methoxy groups -OCH3 is 1. The van der Waals surface area contributed by atoms with Crippen molar-refractivity contribution in [1.29, 1.82) is 0 Å². The Morgan fingerprint density at radius 2 is 2.33 bits per heavy atom. The molecule has 1 rings (SSSR count). The van der Waals surface area contributed by atoms with Crippen LogP contribution in [0.2, 0.25) is 5.02 Å². The van der Waals surface area contributed by atoms with Crippen molar-refractivity contribution in [3.63, 3.8) is 0 Å². The van der Waals surface area contributed by atoms with E-state index in [1.807, 2.05) is 4.68 Å². The lowest BCUT2D eigenvalue weighted by Crippen LogP contribution is -2.27. The maximum Gasteiger partial charge on any atom is 0.0817 e. The fraction of sp³-hybridized carbons (Fsp3) is 0.769. The molecule has 0 bridgehead atoms. The van der Waals surface area contributed by atoms with E-state index in [-0.39, 0.29) is 0 Å². The summed E-state index contributed by atoms with van der Waals surface area (Å²) < 4.78 is 7.02. The summed E-state index contributed by atoms with van der Waals surface area (Å²) in [5.74, 6) is 0. The van der Waals surface area contributed by atoms with Crippen molar-refractivity contribution < 1.29 is 4.74 Å². The molecule has 0 spiro atoms. The van der Waals surface area contributed by atoms with E-state index in [1.165, 1.54) is 0 Å². The van der Waals surface area contributed by atoms with Gasteiger partial charge in [-0.25, -0.2) is 0 Å². The third kappa shape index (κ3) is 4.96. The second-order valence-corrected chi connectivity index (χ2v) is 4.96. The summed E-state index contributed by atoms with van der Waals surface area (Å²) in [6.45, 7) is 6.87. The van der Waals surface area contributed by atoms with Gasteiger partial charge in [-0.05, 0) is 32.7 Å². The average Bonchev–Trinajstić information content (AvgIpc) is 2.72. The Hall–Kier alpha value is -0.580. The molecule has 1 heterocycles. The number of aromatic nitrogens is 2. The van der Waals surface area contributed by atoms with E-state index in [0.29, 0.717) is 12.6 Å². The first-order valence-electron chi connectivity index (χ1n) is 6.61. The topological polar surface area (TPSA) is 39.1 Å². The molecule has 1 N–H and O–H groups in total. The zero-order valence-electron chi connectivity index (χ0n) is 11.6. The van der Waals surface area contributed by atoms with Gasteiger partial charge in [-0.2, -0.15) is 5.10 Å². The predicted octanol–water partition coefficient (Wildman–Crippen LogP) is 2.50. The van der Waals surface area contributed by atoms with E-state index in [4.69, 9.17) is 16.3 Å². The molecule has 1 unspecified atom stereocenters. The molecule has 0 saturated carbocycles. The summed E-state index contributed by atoms with van der Waals surface area (Å²) in [6.07, 6.45) is 4.90. The lowest BCUT2D eigenvalue weighted by atomic mass is 10.1. The molecule has 0 saturated heterocycles. The number of rotatable bonds is 9. The number of ether oxygens (including phenoxy) is 1. The Bertz CT molecular complexity index is 341. The van der Waals surface area contributed by atoms with Crippen LogP contribution in [0, 0.1) is 0 Å². The van der Waals surface area contributed by atoms with E-state index in [9.17, 15) is 0 Å². The van der Waals surface area contributed by atoms with E-state index in [2.05, 4.69) is 24.3 Å². The molecular formula is C13H24ClN3O. The number of hydrogen-bond donors (Lipinski definition) is 1. The second kappa shape index (κ2) is 8.51. The molecule has 18 heavy (non-hydrogen) atoms.